The van der Waals surface area contributed by atoms with E-state index in [9.17, 15) is 14.3 Å². The first-order valence-electron chi connectivity index (χ1n) is 3.80. The van der Waals surface area contributed by atoms with Gasteiger partial charge in [0.05, 0.1) is 0 Å². The van der Waals surface area contributed by atoms with Crippen LogP contribution < -0.4 is 0 Å². The van der Waals surface area contributed by atoms with Gasteiger partial charge in [0.15, 0.2) is 6.10 Å². The Morgan fingerprint density at radius 1 is 1.57 bits per heavy atom. The van der Waals surface area contributed by atoms with Gasteiger partial charge < -0.3 is 10.2 Å². The van der Waals surface area contributed by atoms with Crippen LogP contribution in [0.15, 0.2) is 16.6 Å². The highest BCUT2D eigenvalue weighted by Crippen LogP contribution is 2.27. The molecule has 0 heterocycles. The van der Waals surface area contributed by atoms with Gasteiger partial charge in [0.1, 0.15) is 5.82 Å². The molecule has 1 rings (SSSR count). The molecule has 1 aromatic carbocycles. The zero-order valence-corrected chi connectivity index (χ0v) is 8.88. The summed E-state index contributed by atoms with van der Waals surface area (Å²) in [6, 6.07) is 2.57. The molecule has 0 aromatic heterocycles. The van der Waals surface area contributed by atoms with Crippen molar-refractivity contribution in [2.75, 3.05) is 0 Å². The Labute approximate surface area is 88.3 Å². The Morgan fingerprint density at radius 3 is 2.64 bits per heavy atom. The molecule has 3 nitrogen and oxygen atoms in total. The number of aliphatic carboxylic acids is 1. The van der Waals surface area contributed by atoms with Crippen LogP contribution in [0.1, 0.15) is 17.2 Å². The zero-order valence-electron chi connectivity index (χ0n) is 7.29. The normalized spacial score (nSPS) is 12.6. The molecular weight excluding hydrogens is 255 g/mol. The van der Waals surface area contributed by atoms with Gasteiger partial charge in [0.25, 0.3) is 0 Å². The van der Waals surface area contributed by atoms with E-state index in [0.29, 0.717) is 10.0 Å². The minimum Gasteiger partial charge on any atom is -0.479 e. The number of aliphatic hydroxyl groups excluding tert-OH is 1. The fourth-order valence-electron chi connectivity index (χ4n) is 1.13. The highest BCUT2D eigenvalue weighted by Gasteiger charge is 2.23. The van der Waals surface area contributed by atoms with E-state index in [1.165, 1.54) is 13.0 Å². The van der Waals surface area contributed by atoms with Crippen LogP contribution in [0.5, 0.6) is 0 Å². The number of carboxylic acids is 1. The second-order valence-corrected chi connectivity index (χ2v) is 3.66. The lowest BCUT2D eigenvalue weighted by molar-refractivity contribution is -0.147. The predicted octanol–water partition coefficient (Wildman–Crippen LogP) is 2.01. The van der Waals surface area contributed by atoms with Gasteiger partial charge in [-0.25, -0.2) is 9.18 Å². The first kappa shape index (κ1) is 11.1. The summed E-state index contributed by atoms with van der Waals surface area (Å²) >= 11 is 3.13. The van der Waals surface area contributed by atoms with E-state index in [2.05, 4.69) is 15.9 Å². The number of rotatable bonds is 2. The molecule has 0 radical (unpaired) electrons. The number of hydrogen-bond donors (Lipinski definition) is 2. The van der Waals surface area contributed by atoms with Crippen LogP contribution in [0.25, 0.3) is 0 Å². The predicted molar refractivity (Wildman–Crippen MR) is 51.4 cm³/mol. The highest BCUT2D eigenvalue weighted by molar-refractivity contribution is 9.10. The fraction of sp³-hybridized carbons (Fsp3) is 0.222. The lowest BCUT2D eigenvalue weighted by atomic mass is 10.0. The molecule has 0 saturated heterocycles. The van der Waals surface area contributed by atoms with E-state index in [1.54, 1.807) is 0 Å². The maximum Gasteiger partial charge on any atom is 0.337 e. The molecular formula is C9H8BrFO3. The van der Waals surface area contributed by atoms with Crippen molar-refractivity contribution in [3.05, 3.63) is 33.5 Å². The maximum atomic E-state index is 13.2. The molecule has 0 saturated carbocycles. The van der Waals surface area contributed by atoms with Crippen LogP contribution in [-0.2, 0) is 4.79 Å². The first-order chi connectivity index (χ1) is 6.45. The van der Waals surface area contributed by atoms with Gasteiger partial charge in [-0.3, -0.25) is 0 Å². The van der Waals surface area contributed by atoms with E-state index in [4.69, 9.17) is 5.11 Å². The van der Waals surface area contributed by atoms with Crippen LogP contribution in [0.4, 0.5) is 4.39 Å². The van der Waals surface area contributed by atoms with Gasteiger partial charge in [-0.2, -0.15) is 0 Å². The van der Waals surface area contributed by atoms with Crippen molar-refractivity contribution in [2.45, 2.75) is 13.0 Å². The molecule has 76 valence electrons. The quantitative estimate of drug-likeness (QED) is 0.858. The molecule has 0 bridgehead atoms. The zero-order chi connectivity index (χ0) is 10.9. The van der Waals surface area contributed by atoms with E-state index in [-0.39, 0.29) is 5.56 Å². The Bertz CT molecular complexity index is 379. The van der Waals surface area contributed by atoms with E-state index >= 15 is 0 Å². The summed E-state index contributed by atoms with van der Waals surface area (Å²) in [5.74, 6) is -2.19. The van der Waals surface area contributed by atoms with Crippen LogP contribution in [0.2, 0.25) is 0 Å². The third-order valence-electron chi connectivity index (χ3n) is 1.90. The van der Waals surface area contributed by atoms with Crippen molar-refractivity contribution in [2.24, 2.45) is 0 Å². The van der Waals surface area contributed by atoms with Crippen molar-refractivity contribution in [3.63, 3.8) is 0 Å². The summed E-state index contributed by atoms with van der Waals surface area (Å²) in [6.45, 7) is 1.54. The van der Waals surface area contributed by atoms with E-state index in [0.717, 1.165) is 6.07 Å². The summed E-state index contributed by atoms with van der Waals surface area (Å²) in [5, 5.41) is 17.8. The number of carbonyl (C=O) groups is 1. The van der Waals surface area contributed by atoms with Crippen molar-refractivity contribution in [3.8, 4) is 0 Å². The Kier molecular flexibility index (Phi) is 3.23. The summed E-state index contributed by atoms with van der Waals surface area (Å²) in [7, 11) is 0. The molecule has 5 heteroatoms. The average molecular weight is 263 g/mol. The fourth-order valence-corrected chi connectivity index (χ4v) is 1.47. The molecule has 2 N–H and O–H groups in total. The monoisotopic (exact) mass is 262 g/mol. The van der Waals surface area contributed by atoms with Crippen LogP contribution >= 0.6 is 15.9 Å². The SMILES string of the molecule is Cc1c(Br)ccc(F)c1C(O)C(=O)O. The standard InChI is InChI=1S/C9H8BrFO3/c1-4-5(10)2-3-6(11)7(4)8(12)9(13)14/h2-3,8,12H,1H3,(H,13,14). The molecule has 0 amide bonds. The van der Waals surface area contributed by atoms with E-state index in [1.807, 2.05) is 0 Å². The van der Waals surface area contributed by atoms with E-state index < -0.39 is 17.9 Å². The van der Waals surface area contributed by atoms with Crippen LogP contribution in [0.3, 0.4) is 0 Å². The second kappa shape index (κ2) is 4.06. The average Bonchev–Trinajstić information content (AvgIpc) is 2.12. The molecule has 0 aliphatic heterocycles. The van der Waals surface area contributed by atoms with Gasteiger partial charge in [-0.1, -0.05) is 15.9 Å². The van der Waals surface area contributed by atoms with Crippen LogP contribution in [-0.4, -0.2) is 16.2 Å². The lowest BCUT2D eigenvalue weighted by Crippen LogP contribution is -2.14. The number of halogens is 2. The molecule has 0 spiro atoms. The van der Waals surface area contributed by atoms with Crippen molar-refractivity contribution in [1.82, 2.24) is 0 Å². The molecule has 0 fully saturated rings. The van der Waals surface area contributed by atoms with Crippen molar-refractivity contribution >= 4 is 21.9 Å². The van der Waals surface area contributed by atoms with Gasteiger partial charge >= 0.3 is 5.97 Å². The van der Waals surface area contributed by atoms with Gasteiger partial charge in [-0.15, -0.1) is 0 Å². The maximum absolute atomic E-state index is 13.2. The minimum atomic E-state index is -1.83. The molecule has 0 aliphatic carbocycles. The summed E-state index contributed by atoms with van der Waals surface area (Å²) in [4.78, 5) is 10.5. The topological polar surface area (TPSA) is 57.5 Å². The molecule has 1 atom stereocenters. The molecule has 0 aliphatic rings. The largest absolute Gasteiger partial charge is 0.479 e. The third kappa shape index (κ3) is 1.93. The summed E-state index contributed by atoms with van der Waals surface area (Å²) in [5.41, 5.74) is 0.187. The number of aliphatic hydroxyl groups is 1. The van der Waals surface area contributed by atoms with Gasteiger partial charge in [-0.05, 0) is 24.6 Å². The first-order valence-corrected chi connectivity index (χ1v) is 4.59. The van der Waals surface area contributed by atoms with Crippen molar-refractivity contribution in [1.29, 1.82) is 0 Å². The Balaban J connectivity index is 3.32. The second-order valence-electron chi connectivity index (χ2n) is 2.81. The minimum absolute atomic E-state index is 0.202. The summed E-state index contributed by atoms with van der Waals surface area (Å²) in [6.07, 6.45) is -1.83. The summed E-state index contributed by atoms with van der Waals surface area (Å²) < 4.78 is 13.8. The third-order valence-corrected chi connectivity index (χ3v) is 2.76. The highest BCUT2D eigenvalue weighted by atomic mass is 79.9. The molecule has 14 heavy (non-hydrogen) atoms. The number of benzene rings is 1. The molecule has 1 aromatic rings. The van der Waals surface area contributed by atoms with Crippen LogP contribution in [0, 0.1) is 12.7 Å². The Hall–Kier alpha value is -0.940. The van der Waals surface area contributed by atoms with Crippen molar-refractivity contribution < 1.29 is 19.4 Å². The lowest BCUT2D eigenvalue weighted by Gasteiger charge is -2.11. The number of carboxylic acid groups (broad SMARTS) is 1. The molecule has 1 unspecified atom stereocenters. The Morgan fingerprint density at radius 2 is 2.14 bits per heavy atom. The van der Waals surface area contributed by atoms with Gasteiger partial charge in [0, 0.05) is 10.0 Å². The smallest absolute Gasteiger partial charge is 0.337 e. The number of hydrogen-bond acceptors (Lipinski definition) is 2. The van der Waals surface area contributed by atoms with Gasteiger partial charge in [0.2, 0.25) is 0 Å².